The number of furan rings is 1. The molecule has 0 fully saturated rings. The summed E-state index contributed by atoms with van der Waals surface area (Å²) >= 11 is 0. The van der Waals surface area contributed by atoms with Crippen LogP contribution in [0.2, 0.25) is 0 Å². The third-order valence-electron chi connectivity index (χ3n) is 4.72. The van der Waals surface area contributed by atoms with Gasteiger partial charge in [0.25, 0.3) is 0 Å². The number of benzene rings is 3. The van der Waals surface area contributed by atoms with Crippen LogP contribution in [0.5, 0.6) is 0 Å². The van der Waals surface area contributed by atoms with Crippen LogP contribution >= 0.6 is 0 Å². The van der Waals surface area contributed by atoms with Crippen molar-refractivity contribution in [3.8, 4) is 6.07 Å². The monoisotopic (exact) mass is 394 g/mol. The fraction of sp³-hybridized carbons (Fsp3) is 0. The van der Waals surface area contributed by atoms with Gasteiger partial charge in [0.1, 0.15) is 6.07 Å². The summed E-state index contributed by atoms with van der Waals surface area (Å²) in [7, 11) is -2.90. The summed E-state index contributed by atoms with van der Waals surface area (Å²) in [6.45, 7) is 0. The Labute approximate surface area is 170 Å². The average Bonchev–Trinajstić information content (AvgIpc) is 3.26. The molecule has 5 heteroatoms. The normalized spacial score (nSPS) is 11.3. The molecule has 29 heavy (non-hydrogen) atoms. The molecular formula is C24H18N2O2Si. The van der Waals surface area contributed by atoms with Gasteiger partial charge in [-0.25, -0.2) is 0 Å². The number of hydrogen-bond acceptors (Lipinski definition) is 4. The minimum Gasteiger partial charge on any atom is -0.453 e. The number of hydrogen-bond donors (Lipinski definition) is 0. The highest BCUT2D eigenvalue weighted by Crippen LogP contribution is 2.11. The maximum absolute atomic E-state index is 9.16. The molecule has 0 saturated heterocycles. The lowest BCUT2D eigenvalue weighted by Crippen LogP contribution is -2.68. The van der Waals surface area contributed by atoms with Crippen molar-refractivity contribution in [2.45, 2.75) is 0 Å². The molecule has 4 nitrogen and oxygen atoms in total. The van der Waals surface area contributed by atoms with Crippen LogP contribution in [0.4, 0.5) is 0 Å². The predicted octanol–water partition coefficient (Wildman–Crippen LogP) is 3.17. The quantitative estimate of drug-likeness (QED) is 0.218. The first kappa shape index (κ1) is 18.5. The predicted molar refractivity (Wildman–Crippen MR) is 116 cm³/mol. The fourth-order valence-corrected chi connectivity index (χ4v) is 6.86. The van der Waals surface area contributed by atoms with Crippen molar-refractivity contribution < 1.29 is 8.94 Å². The van der Waals surface area contributed by atoms with E-state index in [0.29, 0.717) is 5.56 Å². The van der Waals surface area contributed by atoms with Gasteiger partial charge in [0.2, 0.25) is 5.76 Å². The third kappa shape index (κ3) is 3.62. The van der Waals surface area contributed by atoms with Crippen LogP contribution in [0.15, 0.2) is 113 Å². The summed E-state index contributed by atoms with van der Waals surface area (Å²) < 4.78 is 11.6. The molecule has 0 radical (unpaired) electrons. The minimum atomic E-state index is -2.90. The Morgan fingerprint density at radius 1 is 0.759 bits per heavy atom. The molecule has 1 heterocycles. The standard InChI is InChI=1S/C24H18N2O2Si/c25-18-24-20(16-17-27-24)19-26-28-29(21-10-4-1-5-11-21,22-12-6-2-7-13-22)23-14-8-3-9-15-23/h1-17,19H/b26-19+. The van der Waals surface area contributed by atoms with Crippen molar-refractivity contribution in [3.05, 3.63) is 115 Å². The lowest BCUT2D eigenvalue weighted by atomic mass is 10.3. The summed E-state index contributed by atoms with van der Waals surface area (Å²) in [4.78, 5) is 0. The van der Waals surface area contributed by atoms with Gasteiger partial charge in [0.05, 0.1) is 18.0 Å². The van der Waals surface area contributed by atoms with Gasteiger partial charge in [-0.2, -0.15) is 5.26 Å². The van der Waals surface area contributed by atoms with Gasteiger partial charge in [-0.15, -0.1) is 5.16 Å². The maximum atomic E-state index is 9.16. The van der Waals surface area contributed by atoms with Gasteiger partial charge in [-0.1, -0.05) is 91.0 Å². The SMILES string of the molecule is N#Cc1occc1/C=N/O[Si](c1ccccc1)(c1ccccc1)c1ccccc1. The average molecular weight is 395 g/mol. The fourth-order valence-electron chi connectivity index (χ4n) is 3.35. The van der Waals surface area contributed by atoms with Crippen LogP contribution in [-0.4, -0.2) is 14.5 Å². The molecule has 140 valence electrons. The van der Waals surface area contributed by atoms with Crippen LogP contribution in [0.1, 0.15) is 11.3 Å². The summed E-state index contributed by atoms with van der Waals surface area (Å²) in [5, 5.41) is 16.8. The van der Waals surface area contributed by atoms with E-state index < -0.39 is 8.32 Å². The summed E-state index contributed by atoms with van der Waals surface area (Å²) in [6, 6.07) is 34.3. The van der Waals surface area contributed by atoms with Crippen LogP contribution in [0, 0.1) is 11.3 Å². The van der Waals surface area contributed by atoms with Crippen molar-refractivity contribution in [1.82, 2.24) is 0 Å². The summed E-state index contributed by atoms with van der Waals surface area (Å²) in [5.41, 5.74) is 0.588. The second-order valence-electron chi connectivity index (χ2n) is 6.42. The highest BCUT2D eigenvalue weighted by Gasteiger charge is 2.44. The number of nitriles is 1. The second-order valence-corrected chi connectivity index (χ2v) is 9.70. The van der Waals surface area contributed by atoms with Crippen molar-refractivity contribution >= 4 is 30.1 Å². The zero-order valence-electron chi connectivity index (χ0n) is 15.6. The topological polar surface area (TPSA) is 58.5 Å². The molecule has 0 bridgehead atoms. The van der Waals surface area contributed by atoms with E-state index in [2.05, 4.69) is 41.6 Å². The Kier molecular flexibility index (Phi) is 5.37. The molecule has 0 aliphatic heterocycles. The van der Waals surface area contributed by atoms with Gasteiger partial charge in [0.15, 0.2) is 0 Å². The number of oxime groups is 1. The van der Waals surface area contributed by atoms with Crippen LogP contribution in [0.3, 0.4) is 0 Å². The van der Waals surface area contributed by atoms with E-state index in [0.717, 1.165) is 15.6 Å². The Morgan fingerprint density at radius 3 is 1.69 bits per heavy atom. The molecule has 0 N–H and O–H groups in total. The van der Waals surface area contributed by atoms with Crippen molar-refractivity contribution in [2.24, 2.45) is 5.16 Å². The molecule has 0 saturated carbocycles. The van der Waals surface area contributed by atoms with Gasteiger partial charge in [0, 0.05) is 0 Å². The smallest absolute Gasteiger partial charge is 0.380 e. The van der Waals surface area contributed by atoms with Crippen LogP contribution in [-0.2, 0) is 4.53 Å². The highest BCUT2D eigenvalue weighted by atomic mass is 28.4. The maximum Gasteiger partial charge on any atom is 0.380 e. The number of nitrogens with zero attached hydrogens (tertiary/aromatic N) is 2. The van der Waals surface area contributed by atoms with E-state index in [1.807, 2.05) is 60.7 Å². The summed E-state index contributed by atoms with van der Waals surface area (Å²) in [5.74, 6) is 0.212. The minimum absolute atomic E-state index is 0.212. The molecule has 0 spiro atoms. The van der Waals surface area contributed by atoms with E-state index in [1.54, 1.807) is 12.3 Å². The first-order valence-corrected chi connectivity index (χ1v) is 11.1. The van der Waals surface area contributed by atoms with E-state index >= 15 is 0 Å². The Morgan fingerprint density at radius 2 is 1.24 bits per heavy atom. The van der Waals surface area contributed by atoms with Crippen LogP contribution in [0.25, 0.3) is 0 Å². The lowest BCUT2D eigenvalue weighted by molar-refractivity contribution is 0.351. The van der Waals surface area contributed by atoms with Crippen molar-refractivity contribution in [2.75, 3.05) is 0 Å². The Bertz CT molecular complexity index is 1040. The molecule has 0 unspecified atom stereocenters. The molecule has 0 aliphatic rings. The second kappa shape index (κ2) is 8.42. The van der Waals surface area contributed by atoms with Gasteiger partial charge < -0.3 is 8.94 Å². The zero-order valence-corrected chi connectivity index (χ0v) is 16.6. The molecular weight excluding hydrogens is 376 g/mol. The third-order valence-corrected chi connectivity index (χ3v) is 8.54. The van der Waals surface area contributed by atoms with E-state index in [1.165, 1.54) is 6.26 Å². The van der Waals surface area contributed by atoms with Crippen molar-refractivity contribution in [3.63, 3.8) is 0 Å². The molecule has 3 aromatic carbocycles. The first-order valence-electron chi connectivity index (χ1n) is 9.20. The van der Waals surface area contributed by atoms with Crippen LogP contribution < -0.4 is 15.6 Å². The largest absolute Gasteiger partial charge is 0.453 e. The van der Waals surface area contributed by atoms with E-state index in [-0.39, 0.29) is 5.76 Å². The van der Waals surface area contributed by atoms with Gasteiger partial charge in [-0.05, 0) is 21.6 Å². The van der Waals surface area contributed by atoms with E-state index in [4.69, 9.17) is 14.2 Å². The molecule has 1 aromatic heterocycles. The highest BCUT2D eigenvalue weighted by molar-refractivity contribution is 7.07. The summed E-state index contributed by atoms with van der Waals surface area (Å²) in [6.07, 6.45) is 3.01. The first-order chi connectivity index (χ1) is 14.3. The molecule has 0 amide bonds. The van der Waals surface area contributed by atoms with Gasteiger partial charge in [-0.3, -0.25) is 0 Å². The Hall–Kier alpha value is -3.88. The van der Waals surface area contributed by atoms with Crippen molar-refractivity contribution in [1.29, 1.82) is 5.26 Å². The molecule has 0 aliphatic carbocycles. The number of rotatable bonds is 6. The van der Waals surface area contributed by atoms with E-state index in [9.17, 15) is 0 Å². The lowest BCUT2D eigenvalue weighted by Gasteiger charge is -2.29. The van der Waals surface area contributed by atoms with Gasteiger partial charge >= 0.3 is 8.32 Å². The molecule has 4 aromatic rings. The zero-order chi connectivity index (χ0) is 19.9. The molecule has 4 rings (SSSR count). The Balaban J connectivity index is 1.87. The molecule has 0 atom stereocenters.